The maximum absolute atomic E-state index is 12.3. The van der Waals surface area contributed by atoms with Crippen molar-refractivity contribution in [3.63, 3.8) is 0 Å². The number of fused-ring (bicyclic) bond motifs is 1. The van der Waals surface area contributed by atoms with Crippen LogP contribution >= 0.6 is 12.2 Å². The number of hydrogen-bond donors (Lipinski definition) is 4. The lowest BCUT2D eigenvalue weighted by Gasteiger charge is -2.17. The van der Waals surface area contributed by atoms with Gasteiger partial charge in [0.05, 0.1) is 10.9 Å². The molecule has 0 saturated heterocycles. The first kappa shape index (κ1) is 17.9. The maximum atomic E-state index is 12.3. The molecule has 1 aromatic carbocycles. The molecule has 1 aromatic heterocycles. The molecule has 7 nitrogen and oxygen atoms in total. The lowest BCUT2D eigenvalue weighted by Crippen LogP contribution is -2.47. The van der Waals surface area contributed by atoms with E-state index in [1.54, 1.807) is 6.92 Å². The molecule has 2 atom stereocenters. The number of benzene rings is 1. The average molecular weight is 348 g/mol. The van der Waals surface area contributed by atoms with Gasteiger partial charge < -0.3 is 15.6 Å². The Morgan fingerprint density at radius 3 is 2.58 bits per heavy atom. The van der Waals surface area contributed by atoms with Crippen LogP contribution in [0.3, 0.4) is 0 Å². The molecule has 0 bridgehead atoms. The highest BCUT2D eigenvalue weighted by Crippen LogP contribution is 2.10. The molecule has 0 aliphatic rings. The van der Waals surface area contributed by atoms with Crippen LogP contribution in [-0.2, 0) is 4.79 Å². The van der Waals surface area contributed by atoms with Gasteiger partial charge in [0.2, 0.25) is 5.91 Å². The number of carbonyl (C=O) groups is 2. The molecule has 0 radical (unpaired) electrons. The van der Waals surface area contributed by atoms with Crippen LogP contribution in [-0.4, -0.2) is 33.9 Å². The van der Waals surface area contributed by atoms with Crippen molar-refractivity contribution in [1.29, 1.82) is 0 Å². The summed E-state index contributed by atoms with van der Waals surface area (Å²) in [4.78, 5) is 41.4. The summed E-state index contributed by atoms with van der Waals surface area (Å²) >= 11 is 4.93. The summed E-state index contributed by atoms with van der Waals surface area (Å²) in [5, 5.41) is 5.86. The quantitative estimate of drug-likeness (QED) is 0.616. The third-order valence-corrected chi connectivity index (χ3v) is 3.95. The van der Waals surface area contributed by atoms with Crippen LogP contribution in [0.1, 0.15) is 37.6 Å². The van der Waals surface area contributed by atoms with Crippen molar-refractivity contribution >= 4 is 34.9 Å². The third kappa shape index (κ3) is 4.08. The first-order valence-electron chi connectivity index (χ1n) is 7.69. The van der Waals surface area contributed by atoms with Gasteiger partial charge in [-0.2, -0.15) is 0 Å². The second-order valence-corrected chi connectivity index (χ2v) is 6.09. The highest BCUT2D eigenvalue weighted by Gasteiger charge is 2.18. The predicted octanol–water partition coefficient (Wildman–Crippen LogP) is 1.62. The maximum Gasteiger partial charge on any atom is 0.259 e. The van der Waals surface area contributed by atoms with Crippen molar-refractivity contribution in [2.24, 2.45) is 0 Å². The Kier molecular flexibility index (Phi) is 5.50. The molecule has 4 N–H and O–H groups in total. The first-order valence-corrected chi connectivity index (χ1v) is 8.10. The highest BCUT2D eigenvalue weighted by molar-refractivity contribution is 7.71. The lowest BCUT2D eigenvalue weighted by molar-refractivity contribution is -0.123. The summed E-state index contributed by atoms with van der Waals surface area (Å²) in [6.45, 7) is 5.49. The van der Waals surface area contributed by atoms with E-state index in [1.165, 1.54) is 18.2 Å². The minimum absolute atomic E-state index is 0.0457. The van der Waals surface area contributed by atoms with Crippen LogP contribution in [0.2, 0.25) is 0 Å². The number of carbonyl (C=O) groups excluding carboxylic acids is 2. The SMILES string of the molecule is CCC(C)NC(=O)C(C)NC(=O)c1ccc2c(=O)[nH]c(=S)[nH]c2c1. The van der Waals surface area contributed by atoms with Gasteiger partial charge in [-0.15, -0.1) is 0 Å². The molecule has 0 spiro atoms. The van der Waals surface area contributed by atoms with Crippen LogP contribution in [0.25, 0.3) is 10.9 Å². The molecule has 2 rings (SSSR count). The van der Waals surface area contributed by atoms with Crippen LogP contribution < -0.4 is 16.2 Å². The fraction of sp³-hybridized carbons (Fsp3) is 0.375. The number of aromatic amines is 2. The number of aromatic nitrogens is 2. The number of hydrogen-bond acceptors (Lipinski definition) is 4. The van der Waals surface area contributed by atoms with Gasteiger partial charge >= 0.3 is 0 Å². The van der Waals surface area contributed by atoms with Crippen molar-refractivity contribution in [3.05, 3.63) is 38.9 Å². The fourth-order valence-corrected chi connectivity index (χ4v) is 2.33. The van der Waals surface area contributed by atoms with Crippen molar-refractivity contribution < 1.29 is 9.59 Å². The topological polar surface area (TPSA) is 107 Å². The standard InChI is InChI=1S/C16H20N4O3S/c1-4-8(2)17-13(21)9(3)18-14(22)10-5-6-11-12(7-10)19-16(24)20-15(11)23/h5-9H,4H2,1-3H3,(H,17,21)(H,18,22)(H2,19,20,23,24). The van der Waals surface area contributed by atoms with E-state index in [-0.39, 0.29) is 22.3 Å². The summed E-state index contributed by atoms with van der Waals surface area (Å²) in [5.41, 5.74) is 0.483. The van der Waals surface area contributed by atoms with Crippen molar-refractivity contribution in [2.45, 2.75) is 39.3 Å². The van der Waals surface area contributed by atoms with Gasteiger partial charge in [-0.05, 0) is 50.7 Å². The lowest BCUT2D eigenvalue weighted by atomic mass is 10.1. The Morgan fingerprint density at radius 1 is 1.21 bits per heavy atom. The van der Waals surface area contributed by atoms with E-state index in [0.29, 0.717) is 16.5 Å². The number of H-pyrrole nitrogens is 2. The van der Waals surface area contributed by atoms with Gasteiger partial charge in [-0.3, -0.25) is 19.4 Å². The van der Waals surface area contributed by atoms with Crippen molar-refractivity contribution in [2.75, 3.05) is 0 Å². The molecule has 2 amide bonds. The molecule has 128 valence electrons. The van der Waals surface area contributed by atoms with E-state index in [2.05, 4.69) is 20.6 Å². The van der Waals surface area contributed by atoms with Gasteiger partial charge in [0.15, 0.2) is 4.77 Å². The number of rotatable bonds is 5. The Morgan fingerprint density at radius 2 is 1.92 bits per heavy atom. The molecule has 0 saturated carbocycles. The third-order valence-electron chi connectivity index (χ3n) is 3.74. The summed E-state index contributed by atoms with van der Waals surface area (Å²) in [7, 11) is 0. The molecule has 2 aromatic rings. The number of nitrogens with one attached hydrogen (secondary N) is 4. The number of amides is 2. The molecular weight excluding hydrogens is 328 g/mol. The van der Waals surface area contributed by atoms with E-state index in [0.717, 1.165) is 6.42 Å². The van der Waals surface area contributed by atoms with Gasteiger partial charge in [0.1, 0.15) is 6.04 Å². The van der Waals surface area contributed by atoms with Crippen molar-refractivity contribution in [1.82, 2.24) is 20.6 Å². The van der Waals surface area contributed by atoms with E-state index >= 15 is 0 Å². The first-order chi connectivity index (χ1) is 11.3. The van der Waals surface area contributed by atoms with E-state index in [9.17, 15) is 14.4 Å². The smallest absolute Gasteiger partial charge is 0.259 e. The van der Waals surface area contributed by atoms with Crippen molar-refractivity contribution in [3.8, 4) is 0 Å². The molecule has 0 fully saturated rings. The molecule has 0 aliphatic carbocycles. The average Bonchev–Trinajstić information content (AvgIpc) is 2.53. The van der Waals surface area contributed by atoms with Crippen LogP contribution in [0.4, 0.5) is 0 Å². The fourth-order valence-electron chi connectivity index (χ4n) is 2.13. The Bertz CT molecular complexity index is 887. The summed E-state index contributed by atoms with van der Waals surface area (Å²) < 4.78 is 0.186. The van der Waals surface area contributed by atoms with Crippen LogP contribution in [0.5, 0.6) is 0 Å². The Hall–Kier alpha value is -2.48. The van der Waals surface area contributed by atoms with Gasteiger partial charge in [0.25, 0.3) is 11.5 Å². The predicted molar refractivity (Wildman–Crippen MR) is 94.6 cm³/mol. The minimum Gasteiger partial charge on any atom is -0.352 e. The second kappa shape index (κ2) is 7.39. The van der Waals surface area contributed by atoms with E-state index in [1.807, 2.05) is 13.8 Å². The van der Waals surface area contributed by atoms with Crippen LogP contribution in [0.15, 0.2) is 23.0 Å². The minimum atomic E-state index is -0.667. The molecule has 1 heterocycles. The molecule has 24 heavy (non-hydrogen) atoms. The normalized spacial score (nSPS) is 13.3. The Balaban J connectivity index is 2.18. The zero-order valence-corrected chi connectivity index (χ0v) is 14.5. The van der Waals surface area contributed by atoms with Gasteiger partial charge in [-0.1, -0.05) is 6.92 Å². The van der Waals surface area contributed by atoms with Gasteiger partial charge in [-0.25, -0.2) is 0 Å². The van der Waals surface area contributed by atoms with E-state index in [4.69, 9.17) is 12.2 Å². The molecular formula is C16H20N4O3S. The Labute approximate surface area is 143 Å². The molecule has 8 heteroatoms. The highest BCUT2D eigenvalue weighted by atomic mass is 32.1. The summed E-state index contributed by atoms with van der Waals surface area (Å²) in [6, 6.07) is 3.99. The van der Waals surface area contributed by atoms with E-state index < -0.39 is 11.9 Å². The monoisotopic (exact) mass is 348 g/mol. The zero-order chi connectivity index (χ0) is 17.9. The summed E-state index contributed by atoms with van der Waals surface area (Å²) in [5.74, 6) is -0.641. The second-order valence-electron chi connectivity index (χ2n) is 5.68. The molecule has 0 aliphatic heterocycles. The zero-order valence-electron chi connectivity index (χ0n) is 13.7. The van der Waals surface area contributed by atoms with Crippen LogP contribution in [0, 0.1) is 4.77 Å². The van der Waals surface area contributed by atoms with Gasteiger partial charge in [0, 0.05) is 11.6 Å². The molecule has 2 unspecified atom stereocenters. The summed E-state index contributed by atoms with van der Waals surface area (Å²) in [6.07, 6.45) is 0.810. The largest absolute Gasteiger partial charge is 0.352 e.